The van der Waals surface area contributed by atoms with Crippen molar-refractivity contribution in [1.29, 1.82) is 0 Å². The molecule has 0 nitrogen and oxygen atoms in total. The Morgan fingerprint density at radius 1 is 0.256 bits per heavy atom. The van der Waals surface area contributed by atoms with E-state index in [0.717, 1.165) is 0 Å². The van der Waals surface area contributed by atoms with Crippen molar-refractivity contribution in [3.05, 3.63) is 204 Å². The van der Waals surface area contributed by atoms with Gasteiger partial charge in [0.05, 0.1) is 0 Å². The summed E-state index contributed by atoms with van der Waals surface area (Å²) in [5.74, 6) is 0. The zero-order valence-electron chi connectivity index (χ0n) is 22.0. The van der Waals surface area contributed by atoms with E-state index in [1.54, 1.807) is 0 Å². The van der Waals surface area contributed by atoms with Gasteiger partial charge in [0.1, 0.15) is 0 Å². The molecule has 0 saturated heterocycles. The van der Waals surface area contributed by atoms with Gasteiger partial charge < -0.3 is 0 Å². The van der Waals surface area contributed by atoms with Gasteiger partial charge in [0.2, 0.25) is 0 Å². The fraction of sp³-hybridized carbons (Fsp3) is 0.0526. The summed E-state index contributed by atoms with van der Waals surface area (Å²) in [6.07, 6.45) is 0. The Bertz CT molecular complexity index is 1360. The van der Waals surface area contributed by atoms with Crippen LogP contribution in [-0.4, -0.2) is 18.4 Å². The summed E-state index contributed by atoms with van der Waals surface area (Å²) in [7, 11) is 0. The third kappa shape index (κ3) is 4.97. The molecule has 0 amide bonds. The van der Waals surface area contributed by atoms with E-state index in [1.165, 1.54) is 29.4 Å². The van der Waals surface area contributed by atoms with E-state index in [1.807, 2.05) is 0 Å². The van der Waals surface area contributed by atoms with Crippen molar-refractivity contribution in [2.75, 3.05) is 0 Å². The van der Waals surface area contributed by atoms with Gasteiger partial charge >= 0.3 is 238 Å². The van der Waals surface area contributed by atoms with Crippen molar-refractivity contribution in [1.82, 2.24) is 0 Å². The van der Waals surface area contributed by atoms with Crippen molar-refractivity contribution in [3.8, 4) is 0 Å². The van der Waals surface area contributed by atoms with Crippen LogP contribution in [0.15, 0.2) is 182 Å². The standard InChI is InChI=1S/2C13H11.2C6H5.Sn/c2*1-3-7-12(8-4-1)11-13-9-5-2-6-10-13;2*1-2-4-6-5-3-1;/h2*1-11H;2*1-5H;. The average Bonchev–Trinajstić information content (AvgIpc) is 3.03. The monoisotopic (exact) mass is 608 g/mol. The van der Waals surface area contributed by atoms with Gasteiger partial charge in [-0.25, -0.2) is 0 Å². The Kier molecular flexibility index (Phi) is 7.74. The molecule has 0 bridgehead atoms. The fourth-order valence-electron chi connectivity index (χ4n) is 6.45. The second kappa shape index (κ2) is 11.9. The van der Waals surface area contributed by atoms with Crippen molar-refractivity contribution >= 4 is 25.5 Å². The van der Waals surface area contributed by atoms with Gasteiger partial charge in [-0.15, -0.1) is 0 Å². The molecular formula is C38H32Sn. The molecule has 0 heterocycles. The van der Waals surface area contributed by atoms with Crippen LogP contribution in [0, 0.1) is 0 Å². The van der Waals surface area contributed by atoms with E-state index in [2.05, 4.69) is 182 Å². The van der Waals surface area contributed by atoms with Crippen LogP contribution in [0.3, 0.4) is 0 Å². The molecule has 0 aliphatic carbocycles. The summed E-state index contributed by atoms with van der Waals surface area (Å²) in [4.78, 5) is 0. The van der Waals surface area contributed by atoms with Gasteiger partial charge in [0.15, 0.2) is 0 Å². The minimum absolute atomic E-state index is 0.247. The molecule has 0 atom stereocenters. The first kappa shape index (κ1) is 25.4. The Morgan fingerprint density at radius 3 is 0.692 bits per heavy atom. The molecule has 188 valence electrons. The molecule has 0 fully saturated rings. The summed E-state index contributed by atoms with van der Waals surface area (Å²) in [6, 6.07) is 67.9. The predicted octanol–water partition coefficient (Wildman–Crippen LogP) is 7.99. The molecular weight excluding hydrogens is 575 g/mol. The third-order valence-electron chi connectivity index (χ3n) is 7.95. The quantitative estimate of drug-likeness (QED) is 0.154. The van der Waals surface area contributed by atoms with E-state index in [0.29, 0.717) is 0 Å². The Balaban J connectivity index is 1.82. The molecule has 0 unspecified atom stereocenters. The molecule has 6 aromatic rings. The topological polar surface area (TPSA) is 0 Å². The maximum atomic E-state index is 2.42. The first-order valence-electron chi connectivity index (χ1n) is 13.7. The van der Waals surface area contributed by atoms with Crippen LogP contribution < -0.4 is 7.16 Å². The molecule has 0 aliphatic heterocycles. The van der Waals surface area contributed by atoms with E-state index < -0.39 is 18.4 Å². The van der Waals surface area contributed by atoms with Gasteiger partial charge in [-0.2, -0.15) is 0 Å². The summed E-state index contributed by atoms with van der Waals surface area (Å²) in [5, 5.41) is 0. The van der Waals surface area contributed by atoms with Crippen LogP contribution in [0.2, 0.25) is 0 Å². The predicted molar refractivity (Wildman–Crippen MR) is 167 cm³/mol. The SMILES string of the molecule is c1ccc([CH](c2ccccc2)[Sn]([c]2ccccc2)([c]2ccccc2)[CH](c2ccccc2)c2ccccc2)cc1. The van der Waals surface area contributed by atoms with E-state index in [-0.39, 0.29) is 7.87 Å². The van der Waals surface area contributed by atoms with Gasteiger partial charge in [-0.05, 0) is 0 Å². The molecule has 0 N–H and O–H groups in total. The van der Waals surface area contributed by atoms with Crippen molar-refractivity contribution in [2.45, 2.75) is 7.87 Å². The minimum atomic E-state index is -3.95. The second-order valence-corrected chi connectivity index (χ2v) is 21.7. The van der Waals surface area contributed by atoms with Crippen LogP contribution >= 0.6 is 0 Å². The number of hydrogen-bond donors (Lipinski definition) is 0. The first-order valence-corrected chi connectivity index (χ1v) is 19.8. The molecule has 0 aromatic heterocycles. The Labute approximate surface area is 236 Å². The zero-order valence-corrected chi connectivity index (χ0v) is 24.8. The Hall–Kier alpha value is -3.88. The van der Waals surface area contributed by atoms with Gasteiger partial charge in [0, 0.05) is 0 Å². The van der Waals surface area contributed by atoms with Crippen LogP contribution in [-0.2, 0) is 0 Å². The van der Waals surface area contributed by atoms with E-state index in [9.17, 15) is 0 Å². The average molecular weight is 607 g/mol. The first-order chi connectivity index (χ1) is 19.4. The molecule has 6 aromatic carbocycles. The van der Waals surface area contributed by atoms with Gasteiger partial charge in [-0.3, -0.25) is 0 Å². The van der Waals surface area contributed by atoms with Crippen LogP contribution in [0.1, 0.15) is 30.1 Å². The zero-order chi connectivity index (χ0) is 26.3. The number of benzene rings is 6. The van der Waals surface area contributed by atoms with E-state index >= 15 is 0 Å². The normalized spacial score (nSPS) is 11.5. The van der Waals surface area contributed by atoms with Crippen LogP contribution in [0.5, 0.6) is 0 Å². The summed E-state index contributed by atoms with van der Waals surface area (Å²) in [6.45, 7) is 0. The number of rotatable bonds is 8. The van der Waals surface area contributed by atoms with Crippen molar-refractivity contribution < 1.29 is 0 Å². The van der Waals surface area contributed by atoms with Crippen molar-refractivity contribution in [3.63, 3.8) is 0 Å². The second-order valence-electron chi connectivity index (χ2n) is 10.1. The fourth-order valence-corrected chi connectivity index (χ4v) is 24.6. The molecule has 6 rings (SSSR count). The van der Waals surface area contributed by atoms with Crippen LogP contribution in [0.25, 0.3) is 0 Å². The maximum absolute atomic E-state index is 3.95. The van der Waals surface area contributed by atoms with Gasteiger partial charge in [0.25, 0.3) is 0 Å². The molecule has 0 spiro atoms. The molecule has 0 aliphatic rings. The molecule has 1 heteroatoms. The summed E-state index contributed by atoms with van der Waals surface area (Å²) < 4.78 is 3.51. The summed E-state index contributed by atoms with van der Waals surface area (Å²) >= 11 is -3.95. The van der Waals surface area contributed by atoms with Crippen LogP contribution in [0.4, 0.5) is 0 Å². The molecule has 39 heavy (non-hydrogen) atoms. The van der Waals surface area contributed by atoms with Crippen molar-refractivity contribution in [2.24, 2.45) is 0 Å². The van der Waals surface area contributed by atoms with E-state index in [4.69, 9.17) is 0 Å². The van der Waals surface area contributed by atoms with Gasteiger partial charge in [-0.1, -0.05) is 0 Å². The molecule has 0 radical (unpaired) electrons. The molecule has 0 saturated carbocycles. The Morgan fingerprint density at radius 2 is 0.462 bits per heavy atom. The summed E-state index contributed by atoms with van der Waals surface area (Å²) in [5.41, 5.74) is 5.57. The number of hydrogen-bond acceptors (Lipinski definition) is 0. The third-order valence-corrected chi connectivity index (χ3v) is 24.3.